The summed E-state index contributed by atoms with van der Waals surface area (Å²) < 4.78 is 0. The fourth-order valence-electron chi connectivity index (χ4n) is 1.29. The van der Waals surface area contributed by atoms with Crippen molar-refractivity contribution >= 4 is 17.4 Å². The first kappa shape index (κ1) is 9.98. The normalized spacial score (nSPS) is 10.2. The molecular weight excluding hydrogens is 206 g/mol. The molecule has 0 atom stereocenters. The zero-order chi connectivity index (χ0) is 10.7. The van der Waals surface area contributed by atoms with Gasteiger partial charge in [-0.05, 0) is 24.0 Å². The van der Waals surface area contributed by atoms with Gasteiger partial charge >= 0.3 is 0 Å². The highest BCUT2D eigenvalue weighted by atomic mass is 32.2. The summed E-state index contributed by atoms with van der Waals surface area (Å²) in [4.78, 5) is 8.43. The number of nitrogens with zero attached hydrogens (tertiary/aromatic N) is 2. The first-order valence-electron chi connectivity index (χ1n) is 4.51. The first-order chi connectivity index (χ1) is 7.29. The molecule has 1 aromatic carbocycles. The number of rotatable bonds is 2. The van der Waals surface area contributed by atoms with E-state index in [1.807, 2.05) is 42.9 Å². The fourth-order valence-corrected chi connectivity index (χ4v) is 1.61. The second-order valence-corrected chi connectivity index (χ2v) is 3.86. The van der Waals surface area contributed by atoms with Gasteiger partial charge in [0.1, 0.15) is 0 Å². The predicted octanol–water partition coefficient (Wildman–Crippen LogP) is 2.45. The molecule has 0 amide bonds. The van der Waals surface area contributed by atoms with E-state index in [1.165, 1.54) is 11.8 Å². The fraction of sp³-hybridized carbons (Fsp3) is 0.0909. The SMILES string of the molecule is CSc1ncc(-c2cccc(N)c2)cn1. The number of nitrogens with two attached hydrogens (primary N) is 1. The minimum Gasteiger partial charge on any atom is -0.399 e. The van der Waals surface area contributed by atoms with Crippen LogP contribution in [0.4, 0.5) is 5.69 Å². The summed E-state index contributed by atoms with van der Waals surface area (Å²) in [6, 6.07) is 7.69. The molecule has 0 unspecified atom stereocenters. The average Bonchev–Trinajstić information content (AvgIpc) is 2.29. The molecule has 4 heteroatoms. The van der Waals surface area contributed by atoms with E-state index in [1.54, 1.807) is 0 Å². The Kier molecular flexibility index (Phi) is 2.87. The summed E-state index contributed by atoms with van der Waals surface area (Å²) in [5, 5.41) is 0.780. The van der Waals surface area contributed by atoms with Crippen molar-refractivity contribution in [2.75, 3.05) is 12.0 Å². The number of nitrogen functional groups attached to an aromatic ring is 1. The van der Waals surface area contributed by atoms with E-state index < -0.39 is 0 Å². The van der Waals surface area contributed by atoms with Crippen LogP contribution in [0, 0.1) is 0 Å². The Hall–Kier alpha value is -1.55. The Balaban J connectivity index is 2.37. The Labute approximate surface area is 92.8 Å². The van der Waals surface area contributed by atoms with Crippen molar-refractivity contribution in [2.45, 2.75) is 5.16 Å². The highest BCUT2D eigenvalue weighted by Gasteiger charge is 1.99. The molecule has 0 aliphatic heterocycles. The molecule has 15 heavy (non-hydrogen) atoms. The minimum atomic E-state index is 0.751. The van der Waals surface area contributed by atoms with Crippen LogP contribution in [0.3, 0.4) is 0 Å². The molecule has 3 nitrogen and oxygen atoms in total. The van der Waals surface area contributed by atoms with Gasteiger partial charge in [0.15, 0.2) is 5.16 Å². The third kappa shape index (κ3) is 2.27. The summed E-state index contributed by atoms with van der Waals surface area (Å²) in [5.74, 6) is 0. The van der Waals surface area contributed by atoms with Gasteiger partial charge in [0.25, 0.3) is 0 Å². The molecule has 2 aromatic rings. The smallest absolute Gasteiger partial charge is 0.187 e. The van der Waals surface area contributed by atoms with Gasteiger partial charge in [0.05, 0.1) is 0 Å². The van der Waals surface area contributed by atoms with Crippen LogP contribution in [0.25, 0.3) is 11.1 Å². The van der Waals surface area contributed by atoms with Crippen molar-refractivity contribution in [3.8, 4) is 11.1 Å². The maximum Gasteiger partial charge on any atom is 0.187 e. The number of hydrogen-bond acceptors (Lipinski definition) is 4. The van der Waals surface area contributed by atoms with Crippen LogP contribution < -0.4 is 5.73 Å². The molecule has 2 N–H and O–H groups in total. The molecule has 0 spiro atoms. The summed E-state index contributed by atoms with van der Waals surface area (Å²) in [6.45, 7) is 0. The molecule has 2 rings (SSSR count). The predicted molar refractivity (Wildman–Crippen MR) is 63.7 cm³/mol. The third-order valence-electron chi connectivity index (χ3n) is 2.03. The lowest BCUT2D eigenvalue weighted by atomic mass is 10.1. The van der Waals surface area contributed by atoms with Crippen LogP contribution in [0.2, 0.25) is 0 Å². The van der Waals surface area contributed by atoms with Gasteiger partial charge in [-0.2, -0.15) is 0 Å². The topological polar surface area (TPSA) is 51.8 Å². The van der Waals surface area contributed by atoms with Crippen LogP contribution in [0.5, 0.6) is 0 Å². The zero-order valence-corrected chi connectivity index (χ0v) is 9.16. The van der Waals surface area contributed by atoms with E-state index in [0.29, 0.717) is 0 Å². The average molecular weight is 217 g/mol. The Bertz CT molecular complexity index is 454. The number of thioether (sulfide) groups is 1. The van der Waals surface area contributed by atoms with Crippen molar-refractivity contribution in [3.05, 3.63) is 36.7 Å². The van der Waals surface area contributed by atoms with Gasteiger partial charge in [-0.1, -0.05) is 23.9 Å². The summed E-state index contributed by atoms with van der Waals surface area (Å²) in [7, 11) is 0. The van der Waals surface area contributed by atoms with Crippen LogP contribution >= 0.6 is 11.8 Å². The van der Waals surface area contributed by atoms with Crippen molar-refractivity contribution in [1.82, 2.24) is 9.97 Å². The van der Waals surface area contributed by atoms with E-state index >= 15 is 0 Å². The lowest BCUT2D eigenvalue weighted by Crippen LogP contribution is -1.88. The first-order valence-corrected chi connectivity index (χ1v) is 5.74. The van der Waals surface area contributed by atoms with Gasteiger partial charge in [0, 0.05) is 23.6 Å². The van der Waals surface area contributed by atoms with Crippen LogP contribution in [-0.2, 0) is 0 Å². The van der Waals surface area contributed by atoms with E-state index in [2.05, 4.69) is 9.97 Å². The van der Waals surface area contributed by atoms with Crippen molar-refractivity contribution in [2.24, 2.45) is 0 Å². The van der Waals surface area contributed by atoms with Crippen molar-refractivity contribution < 1.29 is 0 Å². The third-order valence-corrected chi connectivity index (χ3v) is 2.61. The van der Waals surface area contributed by atoms with Crippen molar-refractivity contribution in [1.29, 1.82) is 0 Å². The monoisotopic (exact) mass is 217 g/mol. The van der Waals surface area contributed by atoms with E-state index in [9.17, 15) is 0 Å². The van der Waals surface area contributed by atoms with E-state index in [0.717, 1.165) is 22.0 Å². The second kappa shape index (κ2) is 4.31. The zero-order valence-electron chi connectivity index (χ0n) is 8.34. The molecule has 0 aliphatic rings. The number of aromatic nitrogens is 2. The van der Waals surface area contributed by atoms with Gasteiger partial charge in [-0.3, -0.25) is 0 Å². The molecule has 76 valence electrons. The maximum absolute atomic E-state index is 5.71. The number of anilines is 1. The standard InChI is InChI=1S/C11H11N3S/c1-15-11-13-6-9(7-14-11)8-3-2-4-10(12)5-8/h2-7H,12H2,1H3. The molecule has 0 radical (unpaired) electrons. The highest BCUT2D eigenvalue weighted by molar-refractivity contribution is 7.98. The molecule has 0 fully saturated rings. The van der Waals surface area contributed by atoms with Crippen molar-refractivity contribution in [3.63, 3.8) is 0 Å². The Morgan fingerprint density at radius 2 is 1.87 bits per heavy atom. The summed E-state index contributed by atoms with van der Waals surface area (Å²) in [6.07, 6.45) is 5.58. The molecule has 0 bridgehead atoms. The molecule has 0 aliphatic carbocycles. The highest BCUT2D eigenvalue weighted by Crippen LogP contribution is 2.20. The van der Waals surface area contributed by atoms with Gasteiger partial charge in [-0.25, -0.2) is 9.97 Å². The minimum absolute atomic E-state index is 0.751. The van der Waals surface area contributed by atoms with Gasteiger partial charge in [-0.15, -0.1) is 0 Å². The van der Waals surface area contributed by atoms with Crippen LogP contribution in [0.1, 0.15) is 0 Å². The summed E-state index contributed by atoms with van der Waals surface area (Å²) in [5.41, 5.74) is 8.49. The Morgan fingerprint density at radius 1 is 1.13 bits per heavy atom. The second-order valence-electron chi connectivity index (χ2n) is 3.08. The summed E-state index contributed by atoms with van der Waals surface area (Å²) >= 11 is 1.53. The maximum atomic E-state index is 5.71. The van der Waals surface area contributed by atoms with Crippen LogP contribution in [-0.4, -0.2) is 16.2 Å². The largest absolute Gasteiger partial charge is 0.399 e. The quantitative estimate of drug-likeness (QED) is 0.477. The molecule has 0 saturated heterocycles. The molecule has 0 saturated carbocycles. The molecule has 1 heterocycles. The molecule has 1 aromatic heterocycles. The van der Waals surface area contributed by atoms with E-state index in [-0.39, 0.29) is 0 Å². The van der Waals surface area contributed by atoms with Gasteiger partial charge in [0.2, 0.25) is 0 Å². The lowest BCUT2D eigenvalue weighted by molar-refractivity contribution is 0.973. The Morgan fingerprint density at radius 3 is 2.47 bits per heavy atom. The molecular formula is C11H11N3S. The number of hydrogen-bond donors (Lipinski definition) is 1. The number of benzene rings is 1. The van der Waals surface area contributed by atoms with E-state index in [4.69, 9.17) is 5.73 Å². The lowest BCUT2D eigenvalue weighted by Gasteiger charge is -2.02. The van der Waals surface area contributed by atoms with Gasteiger partial charge < -0.3 is 5.73 Å². The van der Waals surface area contributed by atoms with Crippen LogP contribution in [0.15, 0.2) is 41.8 Å².